The monoisotopic (exact) mass is 302 g/mol. The van der Waals surface area contributed by atoms with Gasteiger partial charge in [0.25, 0.3) is 0 Å². The van der Waals surface area contributed by atoms with E-state index in [4.69, 9.17) is 4.74 Å². The molecule has 1 saturated carbocycles. The van der Waals surface area contributed by atoms with E-state index in [9.17, 15) is 18.3 Å². The van der Waals surface area contributed by atoms with Crippen molar-refractivity contribution >= 4 is 0 Å². The highest BCUT2D eigenvalue weighted by atomic mass is 19.4. The van der Waals surface area contributed by atoms with Crippen LogP contribution in [0.4, 0.5) is 13.2 Å². The van der Waals surface area contributed by atoms with Crippen molar-refractivity contribution < 1.29 is 23.0 Å². The van der Waals surface area contributed by atoms with Gasteiger partial charge in [-0.25, -0.2) is 0 Å². The molecule has 2 rings (SSSR count). The van der Waals surface area contributed by atoms with Crippen molar-refractivity contribution in [3.05, 3.63) is 28.8 Å². The second-order valence-corrected chi connectivity index (χ2v) is 5.94. The van der Waals surface area contributed by atoms with E-state index < -0.39 is 17.7 Å². The molecule has 1 aliphatic carbocycles. The van der Waals surface area contributed by atoms with E-state index in [0.717, 1.165) is 11.1 Å². The Bertz CT molecular complexity index is 515. The third-order valence-electron chi connectivity index (χ3n) is 4.66. The number of methoxy groups -OCH3 is 1. The highest BCUT2D eigenvalue weighted by Gasteiger charge is 2.46. The van der Waals surface area contributed by atoms with E-state index in [-0.39, 0.29) is 25.7 Å². The minimum absolute atomic E-state index is 0.0456. The van der Waals surface area contributed by atoms with Crippen LogP contribution in [-0.4, -0.2) is 18.4 Å². The highest BCUT2D eigenvalue weighted by Crippen LogP contribution is 2.47. The average molecular weight is 302 g/mol. The minimum Gasteiger partial charge on any atom is -0.496 e. The molecule has 0 unspecified atom stereocenters. The molecule has 0 bridgehead atoms. The molecule has 0 heterocycles. The molecule has 0 spiro atoms. The molecule has 2 nitrogen and oxygen atoms in total. The van der Waals surface area contributed by atoms with Gasteiger partial charge in [0.05, 0.1) is 18.6 Å². The molecule has 5 heteroatoms. The number of aliphatic hydroxyl groups is 1. The summed E-state index contributed by atoms with van der Waals surface area (Å²) in [7, 11) is 1.52. The van der Waals surface area contributed by atoms with E-state index in [2.05, 4.69) is 0 Å². The molecule has 0 saturated heterocycles. The Labute approximate surface area is 122 Å². The number of alkyl halides is 3. The van der Waals surface area contributed by atoms with Crippen molar-refractivity contribution in [1.29, 1.82) is 0 Å². The topological polar surface area (TPSA) is 29.5 Å². The first-order valence-electron chi connectivity index (χ1n) is 7.13. The van der Waals surface area contributed by atoms with E-state index in [0.29, 0.717) is 11.3 Å². The molecule has 1 aromatic carbocycles. The summed E-state index contributed by atoms with van der Waals surface area (Å²) < 4.78 is 43.6. The zero-order valence-electron chi connectivity index (χ0n) is 12.5. The fourth-order valence-corrected chi connectivity index (χ4v) is 3.11. The van der Waals surface area contributed by atoms with E-state index in [1.165, 1.54) is 7.11 Å². The van der Waals surface area contributed by atoms with Gasteiger partial charge < -0.3 is 9.84 Å². The molecule has 0 amide bonds. The summed E-state index contributed by atoms with van der Waals surface area (Å²) >= 11 is 0. The maximum Gasteiger partial charge on any atom is 0.391 e. The van der Waals surface area contributed by atoms with Crippen molar-refractivity contribution in [2.45, 2.75) is 51.3 Å². The number of hydrogen-bond donors (Lipinski definition) is 1. The van der Waals surface area contributed by atoms with Crippen molar-refractivity contribution in [1.82, 2.24) is 0 Å². The molecule has 0 aliphatic heterocycles. The summed E-state index contributed by atoms with van der Waals surface area (Å²) in [6, 6.07) is 3.65. The minimum atomic E-state index is -4.17. The summed E-state index contributed by atoms with van der Waals surface area (Å²) in [6.45, 7) is 3.83. The quantitative estimate of drug-likeness (QED) is 0.885. The predicted octanol–water partition coefficient (Wildman–Crippen LogP) is 4.25. The van der Waals surface area contributed by atoms with Gasteiger partial charge in [-0.05, 0) is 50.7 Å². The molecule has 1 aromatic rings. The smallest absolute Gasteiger partial charge is 0.391 e. The Kier molecular flexibility index (Phi) is 4.24. The maximum absolute atomic E-state index is 12.8. The van der Waals surface area contributed by atoms with E-state index in [1.807, 2.05) is 19.9 Å². The Balaban J connectivity index is 2.29. The average Bonchev–Trinajstić information content (AvgIpc) is 2.41. The molecular weight excluding hydrogens is 281 g/mol. The van der Waals surface area contributed by atoms with Crippen molar-refractivity contribution in [3.63, 3.8) is 0 Å². The fourth-order valence-electron chi connectivity index (χ4n) is 3.11. The van der Waals surface area contributed by atoms with Crippen LogP contribution in [0.1, 0.15) is 42.4 Å². The van der Waals surface area contributed by atoms with Gasteiger partial charge in [0.1, 0.15) is 5.75 Å². The van der Waals surface area contributed by atoms with E-state index >= 15 is 0 Å². The first-order chi connectivity index (χ1) is 9.69. The van der Waals surface area contributed by atoms with Gasteiger partial charge in [-0.2, -0.15) is 13.2 Å². The zero-order chi connectivity index (χ0) is 15.8. The van der Waals surface area contributed by atoms with Crippen LogP contribution in [0.15, 0.2) is 12.1 Å². The van der Waals surface area contributed by atoms with Crippen LogP contribution in [0.2, 0.25) is 0 Å². The summed E-state index contributed by atoms with van der Waals surface area (Å²) in [6.07, 6.45) is -4.05. The first-order valence-corrected chi connectivity index (χ1v) is 7.13. The van der Waals surface area contributed by atoms with Crippen LogP contribution in [0, 0.1) is 19.8 Å². The number of rotatable bonds is 2. The van der Waals surface area contributed by atoms with Gasteiger partial charge in [-0.1, -0.05) is 12.1 Å². The third-order valence-corrected chi connectivity index (χ3v) is 4.66. The predicted molar refractivity (Wildman–Crippen MR) is 74.4 cm³/mol. The first kappa shape index (κ1) is 16.1. The number of halogens is 3. The SMILES string of the molecule is COc1c(C2(O)CCC(C(F)(F)F)CC2)ccc(C)c1C. The normalized spacial score (nSPS) is 26.7. The van der Waals surface area contributed by atoms with Crippen LogP contribution in [-0.2, 0) is 5.60 Å². The molecule has 0 aromatic heterocycles. The van der Waals surface area contributed by atoms with E-state index in [1.54, 1.807) is 6.07 Å². The molecule has 1 N–H and O–H groups in total. The second-order valence-electron chi connectivity index (χ2n) is 5.94. The van der Waals surface area contributed by atoms with Gasteiger partial charge in [-0.15, -0.1) is 0 Å². The molecular formula is C16H21F3O2. The van der Waals surface area contributed by atoms with Crippen LogP contribution in [0.25, 0.3) is 0 Å². The van der Waals surface area contributed by atoms with Gasteiger partial charge in [0.2, 0.25) is 0 Å². The van der Waals surface area contributed by atoms with Crippen molar-refractivity contribution in [2.24, 2.45) is 5.92 Å². The largest absolute Gasteiger partial charge is 0.496 e. The van der Waals surface area contributed by atoms with Gasteiger partial charge in [-0.3, -0.25) is 0 Å². The Morgan fingerprint density at radius 1 is 1.19 bits per heavy atom. The fraction of sp³-hybridized carbons (Fsp3) is 0.625. The molecule has 1 aliphatic rings. The summed E-state index contributed by atoms with van der Waals surface area (Å²) in [5.41, 5.74) is 1.32. The van der Waals surface area contributed by atoms with Crippen molar-refractivity contribution in [2.75, 3.05) is 7.11 Å². The lowest BCUT2D eigenvalue weighted by atomic mass is 9.74. The number of benzene rings is 1. The molecule has 21 heavy (non-hydrogen) atoms. The lowest BCUT2D eigenvalue weighted by molar-refractivity contribution is -0.193. The van der Waals surface area contributed by atoms with Gasteiger partial charge in [0, 0.05) is 5.56 Å². The molecule has 0 atom stereocenters. The highest BCUT2D eigenvalue weighted by molar-refractivity contribution is 5.48. The Hall–Kier alpha value is -1.23. The van der Waals surface area contributed by atoms with Gasteiger partial charge in [0.15, 0.2) is 0 Å². The van der Waals surface area contributed by atoms with Crippen LogP contribution >= 0.6 is 0 Å². The summed E-state index contributed by atoms with van der Waals surface area (Å²) in [4.78, 5) is 0. The molecule has 1 fully saturated rings. The standard InChI is InChI=1S/C16H21F3O2/c1-10-4-5-13(14(21-3)11(10)2)15(20)8-6-12(7-9-15)16(17,18)19/h4-5,12,20H,6-9H2,1-3H3. The lowest BCUT2D eigenvalue weighted by Gasteiger charge is -2.38. The third kappa shape index (κ3) is 3.03. The molecule has 0 radical (unpaired) electrons. The van der Waals surface area contributed by atoms with Crippen molar-refractivity contribution in [3.8, 4) is 5.75 Å². The molecule has 118 valence electrons. The summed E-state index contributed by atoms with van der Waals surface area (Å²) in [5, 5.41) is 10.8. The lowest BCUT2D eigenvalue weighted by Crippen LogP contribution is -2.36. The van der Waals surface area contributed by atoms with Crippen LogP contribution in [0.3, 0.4) is 0 Å². The maximum atomic E-state index is 12.8. The number of hydrogen-bond acceptors (Lipinski definition) is 2. The number of aryl methyl sites for hydroxylation is 1. The zero-order valence-corrected chi connectivity index (χ0v) is 12.5. The summed E-state index contributed by atoms with van der Waals surface area (Å²) in [5.74, 6) is -0.724. The van der Waals surface area contributed by atoms with Crippen LogP contribution in [0.5, 0.6) is 5.75 Å². The number of ether oxygens (including phenoxy) is 1. The Morgan fingerprint density at radius 3 is 2.24 bits per heavy atom. The Morgan fingerprint density at radius 2 is 1.76 bits per heavy atom. The van der Waals surface area contributed by atoms with Crippen LogP contribution < -0.4 is 4.74 Å². The van der Waals surface area contributed by atoms with Gasteiger partial charge >= 0.3 is 6.18 Å². The second kappa shape index (κ2) is 5.52.